The molecule has 0 N–H and O–H groups in total. The molecular weight excluding hydrogens is 123 g/mol. The molecule has 0 aromatic carbocycles. The average Bonchev–Trinajstić information content (AvgIpc) is 2.06. The maximum atomic E-state index is 5.20. The molecule has 6 heavy (non-hydrogen) atoms. The van der Waals surface area contributed by atoms with Crippen molar-refractivity contribution < 1.29 is 4.74 Å². The molecule has 0 atom stereocenters. The Hall–Kier alpha value is 0.120. The summed E-state index contributed by atoms with van der Waals surface area (Å²) in [6.07, 6.45) is 0. The molecule has 1 aliphatic rings. The van der Waals surface area contributed by atoms with Crippen LogP contribution in [0.1, 0.15) is 0 Å². The second kappa shape index (κ2) is 1.32. The standard InChI is InChI=1S/C3H2Cl2O/c4-3(5)2-1-6-2/h1H2. The van der Waals surface area contributed by atoms with Crippen molar-refractivity contribution in [2.75, 3.05) is 6.61 Å². The van der Waals surface area contributed by atoms with E-state index in [4.69, 9.17) is 23.2 Å². The minimum atomic E-state index is 0.259. The van der Waals surface area contributed by atoms with Crippen LogP contribution in [0.25, 0.3) is 0 Å². The summed E-state index contributed by atoms with van der Waals surface area (Å²) in [7, 11) is 0. The Morgan fingerprint density at radius 1 is 1.67 bits per heavy atom. The molecule has 0 aromatic rings. The van der Waals surface area contributed by atoms with Crippen molar-refractivity contribution in [2.45, 2.75) is 0 Å². The molecule has 1 rings (SSSR count). The number of halogens is 2. The van der Waals surface area contributed by atoms with Crippen molar-refractivity contribution in [2.24, 2.45) is 0 Å². The van der Waals surface area contributed by atoms with Crippen LogP contribution < -0.4 is 0 Å². The third-order valence-corrected chi connectivity index (χ3v) is 0.921. The molecule has 1 nitrogen and oxygen atoms in total. The molecule has 1 heterocycles. The summed E-state index contributed by atoms with van der Waals surface area (Å²) in [6, 6.07) is 0. The van der Waals surface area contributed by atoms with Crippen LogP contribution in [-0.4, -0.2) is 6.61 Å². The van der Waals surface area contributed by atoms with E-state index in [9.17, 15) is 0 Å². The van der Waals surface area contributed by atoms with Gasteiger partial charge in [-0.15, -0.1) is 0 Å². The topological polar surface area (TPSA) is 12.5 Å². The van der Waals surface area contributed by atoms with Crippen molar-refractivity contribution in [3.8, 4) is 0 Å². The summed E-state index contributed by atoms with van der Waals surface area (Å²) in [5, 5.41) is 0. The van der Waals surface area contributed by atoms with E-state index in [0.29, 0.717) is 12.4 Å². The fraction of sp³-hybridized carbons (Fsp3) is 0.333. The maximum absolute atomic E-state index is 5.20. The van der Waals surface area contributed by atoms with Crippen molar-refractivity contribution in [3.63, 3.8) is 0 Å². The van der Waals surface area contributed by atoms with Crippen LogP contribution in [0.2, 0.25) is 0 Å². The highest BCUT2D eigenvalue weighted by molar-refractivity contribution is 6.56. The summed E-state index contributed by atoms with van der Waals surface area (Å²) in [4.78, 5) is 0. The highest BCUT2D eigenvalue weighted by atomic mass is 35.5. The third kappa shape index (κ3) is 0.791. The number of hydrogen-bond acceptors (Lipinski definition) is 1. The van der Waals surface area contributed by atoms with Gasteiger partial charge in [0.05, 0.1) is 0 Å². The van der Waals surface area contributed by atoms with Gasteiger partial charge in [0.25, 0.3) is 0 Å². The van der Waals surface area contributed by atoms with Crippen LogP contribution >= 0.6 is 23.2 Å². The van der Waals surface area contributed by atoms with Gasteiger partial charge >= 0.3 is 0 Å². The van der Waals surface area contributed by atoms with E-state index in [1.807, 2.05) is 0 Å². The summed E-state index contributed by atoms with van der Waals surface area (Å²) in [5.74, 6) is 0.707. The molecule has 0 unspecified atom stereocenters. The van der Waals surface area contributed by atoms with Crippen LogP contribution in [-0.2, 0) is 4.74 Å². The largest absolute Gasteiger partial charge is 0.484 e. The second-order valence-electron chi connectivity index (χ2n) is 0.972. The Kier molecular flexibility index (Phi) is 0.941. The van der Waals surface area contributed by atoms with E-state index in [1.54, 1.807) is 0 Å². The Morgan fingerprint density at radius 3 is 2.17 bits per heavy atom. The first kappa shape index (κ1) is 4.28. The lowest BCUT2D eigenvalue weighted by Gasteiger charge is -1.65. The van der Waals surface area contributed by atoms with Crippen LogP contribution in [0.15, 0.2) is 10.3 Å². The SMILES string of the molecule is ClC(Cl)=C1CO1. The minimum Gasteiger partial charge on any atom is -0.484 e. The van der Waals surface area contributed by atoms with Crippen LogP contribution in [0, 0.1) is 0 Å². The van der Waals surface area contributed by atoms with Crippen molar-refractivity contribution in [1.82, 2.24) is 0 Å². The quantitative estimate of drug-likeness (QED) is 0.448. The van der Waals surface area contributed by atoms with Crippen LogP contribution in [0.5, 0.6) is 0 Å². The van der Waals surface area contributed by atoms with Gasteiger partial charge in [-0.2, -0.15) is 0 Å². The molecule has 34 valence electrons. The Morgan fingerprint density at radius 2 is 2.17 bits per heavy atom. The summed E-state index contributed by atoms with van der Waals surface area (Å²) in [6.45, 7) is 0.613. The van der Waals surface area contributed by atoms with Gasteiger partial charge in [0.2, 0.25) is 0 Å². The lowest BCUT2D eigenvalue weighted by atomic mass is 10.8. The predicted molar refractivity (Wildman–Crippen MR) is 24.7 cm³/mol. The van der Waals surface area contributed by atoms with Crippen LogP contribution in [0.4, 0.5) is 0 Å². The molecule has 0 spiro atoms. The van der Waals surface area contributed by atoms with E-state index in [0.717, 1.165) is 0 Å². The highest BCUT2D eigenvalue weighted by Crippen LogP contribution is 2.24. The molecule has 0 saturated carbocycles. The Bertz CT molecular complexity index is 87.0. The van der Waals surface area contributed by atoms with E-state index < -0.39 is 0 Å². The van der Waals surface area contributed by atoms with Crippen LogP contribution in [0.3, 0.4) is 0 Å². The summed E-state index contributed by atoms with van der Waals surface area (Å²) >= 11 is 10.4. The van der Waals surface area contributed by atoms with Gasteiger partial charge in [-0.25, -0.2) is 0 Å². The van der Waals surface area contributed by atoms with Crippen molar-refractivity contribution in [3.05, 3.63) is 10.3 Å². The molecule has 1 saturated heterocycles. The van der Waals surface area contributed by atoms with Gasteiger partial charge < -0.3 is 4.74 Å². The highest BCUT2D eigenvalue weighted by Gasteiger charge is 2.16. The number of hydrogen-bond donors (Lipinski definition) is 0. The molecule has 0 bridgehead atoms. The monoisotopic (exact) mass is 124 g/mol. The zero-order valence-corrected chi connectivity index (χ0v) is 4.38. The maximum Gasteiger partial charge on any atom is 0.164 e. The van der Waals surface area contributed by atoms with Gasteiger partial charge in [0.15, 0.2) is 5.76 Å². The lowest BCUT2D eigenvalue weighted by molar-refractivity contribution is 0.510. The zero-order valence-electron chi connectivity index (χ0n) is 2.87. The van der Waals surface area contributed by atoms with E-state index >= 15 is 0 Å². The number of epoxide rings is 1. The normalized spacial score (nSPS) is 16.7. The average molecular weight is 125 g/mol. The molecule has 1 aliphatic heterocycles. The molecule has 0 radical (unpaired) electrons. The minimum absolute atomic E-state index is 0.259. The molecule has 1 fully saturated rings. The van der Waals surface area contributed by atoms with Gasteiger partial charge in [-0.3, -0.25) is 0 Å². The Balaban J connectivity index is 2.61. The first-order valence-corrected chi connectivity index (χ1v) is 2.23. The van der Waals surface area contributed by atoms with Crippen molar-refractivity contribution >= 4 is 23.2 Å². The molecule has 0 amide bonds. The van der Waals surface area contributed by atoms with E-state index in [1.165, 1.54) is 0 Å². The van der Waals surface area contributed by atoms with E-state index in [-0.39, 0.29) is 4.49 Å². The van der Waals surface area contributed by atoms with Gasteiger partial charge in [0.1, 0.15) is 11.1 Å². The van der Waals surface area contributed by atoms with Gasteiger partial charge in [-0.05, 0) is 0 Å². The summed E-state index contributed by atoms with van der Waals surface area (Å²) < 4.78 is 4.84. The predicted octanol–water partition coefficient (Wildman–Crippen LogP) is 1.66. The molecule has 3 heteroatoms. The smallest absolute Gasteiger partial charge is 0.164 e. The summed E-state index contributed by atoms with van der Waals surface area (Å²) in [5.41, 5.74) is 0. The molecular formula is C3H2Cl2O. The lowest BCUT2D eigenvalue weighted by Crippen LogP contribution is -1.45. The number of ether oxygens (including phenoxy) is 1. The van der Waals surface area contributed by atoms with Gasteiger partial charge in [-0.1, -0.05) is 23.2 Å². The first-order valence-electron chi connectivity index (χ1n) is 1.47. The Labute approximate surface area is 45.5 Å². The third-order valence-electron chi connectivity index (χ3n) is 0.499. The first-order chi connectivity index (χ1) is 2.80. The molecule has 0 aliphatic carbocycles. The fourth-order valence-electron chi connectivity index (χ4n) is 0.145. The fourth-order valence-corrected chi connectivity index (χ4v) is 0.363. The van der Waals surface area contributed by atoms with Crippen molar-refractivity contribution in [1.29, 1.82) is 0 Å². The molecule has 0 aromatic heterocycles. The zero-order chi connectivity index (χ0) is 4.57. The second-order valence-corrected chi connectivity index (χ2v) is 1.92. The van der Waals surface area contributed by atoms with Gasteiger partial charge in [0, 0.05) is 0 Å². The van der Waals surface area contributed by atoms with E-state index in [2.05, 4.69) is 4.74 Å². The number of rotatable bonds is 0.